The number of H-pyrrole nitrogens is 1. The quantitative estimate of drug-likeness (QED) is 0.707. The lowest BCUT2D eigenvalue weighted by atomic mass is 10.3. The van der Waals surface area contributed by atoms with E-state index in [1.54, 1.807) is 0 Å². The summed E-state index contributed by atoms with van der Waals surface area (Å²) in [6.07, 6.45) is 1.93. The number of hydrogen-bond donors (Lipinski definition) is 3. The van der Waals surface area contributed by atoms with Crippen LogP contribution in [0, 0.1) is 5.92 Å². The molecule has 3 rings (SSSR count). The Hall–Kier alpha value is -2.37. The topological polar surface area (TPSA) is 86.9 Å². The van der Waals surface area contributed by atoms with Gasteiger partial charge in [-0.3, -0.25) is 20.4 Å². The van der Waals surface area contributed by atoms with Crippen molar-refractivity contribution in [3.8, 4) is 0 Å². The van der Waals surface area contributed by atoms with Gasteiger partial charge in [-0.2, -0.15) is 0 Å². The fourth-order valence-electron chi connectivity index (χ4n) is 1.86. The van der Waals surface area contributed by atoms with Gasteiger partial charge >= 0.3 is 0 Å². The monoisotopic (exact) mass is 258 g/mol. The van der Waals surface area contributed by atoms with Crippen LogP contribution >= 0.6 is 0 Å². The van der Waals surface area contributed by atoms with Crippen LogP contribution in [0.3, 0.4) is 0 Å². The molecule has 98 valence electrons. The maximum atomic E-state index is 11.7. The maximum absolute atomic E-state index is 11.7. The summed E-state index contributed by atoms with van der Waals surface area (Å²) in [6.45, 7) is 0. The third kappa shape index (κ3) is 2.73. The molecule has 0 spiro atoms. The highest BCUT2D eigenvalue weighted by Crippen LogP contribution is 2.28. The molecule has 1 saturated carbocycles. The summed E-state index contributed by atoms with van der Waals surface area (Å²) in [5, 5.41) is 0. The van der Waals surface area contributed by atoms with Gasteiger partial charge in [0.2, 0.25) is 11.8 Å². The van der Waals surface area contributed by atoms with Gasteiger partial charge in [-0.05, 0) is 25.0 Å². The molecular weight excluding hydrogens is 244 g/mol. The van der Waals surface area contributed by atoms with Crippen LogP contribution in [0.15, 0.2) is 24.3 Å². The Labute approximate surface area is 109 Å². The minimum Gasteiger partial charge on any atom is -0.342 e. The summed E-state index contributed by atoms with van der Waals surface area (Å²) >= 11 is 0. The second-order valence-corrected chi connectivity index (χ2v) is 4.69. The number of para-hydroxylation sites is 2. The van der Waals surface area contributed by atoms with Crippen LogP contribution in [-0.4, -0.2) is 21.8 Å². The summed E-state index contributed by atoms with van der Waals surface area (Å²) in [7, 11) is 0. The number of carbonyl (C=O) groups is 2. The second-order valence-electron chi connectivity index (χ2n) is 4.69. The van der Waals surface area contributed by atoms with Gasteiger partial charge < -0.3 is 4.98 Å². The Morgan fingerprint density at radius 2 is 2.05 bits per heavy atom. The van der Waals surface area contributed by atoms with E-state index in [1.165, 1.54) is 0 Å². The molecule has 0 saturated heterocycles. The number of benzene rings is 1. The zero-order chi connectivity index (χ0) is 13.2. The first kappa shape index (κ1) is 11.7. The number of aromatic nitrogens is 2. The van der Waals surface area contributed by atoms with E-state index < -0.39 is 0 Å². The number of aromatic amines is 1. The van der Waals surface area contributed by atoms with Gasteiger partial charge in [-0.25, -0.2) is 4.98 Å². The summed E-state index contributed by atoms with van der Waals surface area (Å²) in [5.41, 5.74) is 6.54. The van der Waals surface area contributed by atoms with Crippen molar-refractivity contribution in [2.24, 2.45) is 5.92 Å². The van der Waals surface area contributed by atoms with Crippen LogP contribution in [0.4, 0.5) is 0 Å². The standard InChI is InChI=1S/C13H14N4O2/c18-12(16-17-13(19)8-5-6-8)7-11-14-9-3-1-2-4-10(9)15-11/h1-4,8H,5-7H2,(H,14,15)(H,16,18)(H,17,19). The second kappa shape index (κ2) is 4.72. The van der Waals surface area contributed by atoms with E-state index in [-0.39, 0.29) is 24.2 Å². The zero-order valence-electron chi connectivity index (χ0n) is 10.3. The van der Waals surface area contributed by atoms with E-state index >= 15 is 0 Å². The van der Waals surface area contributed by atoms with Crippen LogP contribution in [0.5, 0.6) is 0 Å². The van der Waals surface area contributed by atoms with Crippen LogP contribution in [0.25, 0.3) is 11.0 Å². The smallest absolute Gasteiger partial charge is 0.245 e. The SMILES string of the molecule is O=C(Cc1nc2ccccc2[nH]1)NNC(=O)C1CC1. The normalized spacial score (nSPS) is 14.3. The minimum absolute atomic E-state index is 0.0755. The third-order valence-corrected chi connectivity index (χ3v) is 3.04. The fraction of sp³-hybridized carbons (Fsp3) is 0.308. The predicted molar refractivity (Wildman–Crippen MR) is 68.8 cm³/mol. The average molecular weight is 258 g/mol. The number of imidazole rings is 1. The first-order chi connectivity index (χ1) is 9.22. The van der Waals surface area contributed by atoms with Gasteiger partial charge in [-0.1, -0.05) is 12.1 Å². The molecule has 1 aliphatic rings. The van der Waals surface area contributed by atoms with Crippen LogP contribution in [0.1, 0.15) is 18.7 Å². The van der Waals surface area contributed by atoms with E-state index in [2.05, 4.69) is 20.8 Å². The number of carbonyl (C=O) groups excluding carboxylic acids is 2. The molecule has 1 fully saturated rings. The molecule has 0 aliphatic heterocycles. The minimum atomic E-state index is -0.284. The molecule has 2 amide bonds. The fourth-order valence-corrected chi connectivity index (χ4v) is 1.86. The van der Waals surface area contributed by atoms with E-state index in [0.717, 1.165) is 23.9 Å². The number of fused-ring (bicyclic) bond motifs is 1. The number of rotatable bonds is 3. The molecule has 6 heteroatoms. The van der Waals surface area contributed by atoms with Crippen LogP contribution in [0.2, 0.25) is 0 Å². The Morgan fingerprint density at radius 3 is 2.79 bits per heavy atom. The Kier molecular flexibility index (Phi) is 2.91. The Balaban J connectivity index is 1.57. The number of nitrogens with zero attached hydrogens (tertiary/aromatic N) is 1. The van der Waals surface area contributed by atoms with Crippen molar-refractivity contribution < 1.29 is 9.59 Å². The van der Waals surface area contributed by atoms with Crippen molar-refractivity contribution >= 4 is 22.8 Å². The van der Waals surface area contributed by atoms with Crippen molar-refractivity contribution in [3.63, 3.8) is 0 Å². The molecule has 0 unspecified atom stereocenters. The zero-order valence-corrected chi connectivity index (χ0v) is 10.3. The van der Waals surface area contributed by atoms with Crippen molar-refractivity contribution in [2.75, 3.05) is 0 Å². The summed E-state index contributed by atoms with van der Waals surface area (Å²) in [4.78, 5) is 30.4. The molecule has 1 aromatic heterocycles. The number of hydrazine groups is 1. The molecular formula is C13H14N4O2. The van der Waals surface area contributed by atoms with Gasteiger partial charge in [0.05, 0.1) is 17.5 Å². The van der Waals surface area contributed by atoms with Crippen molar-refractivity contribution in [3.05, 3.63) is 30.1 Å². The molecule has 0 bridgehead atoms. The highest BCUT2D eigenvalue weighted by molar-refractivity contribution is 5.85. The van der Waals surface area contributed by atoms with Crippen molar-refractivity contribution in [2.45, 2.75) is 19.3 Å². The lowest BCUT2D eigenvalue weighted by molar-refractivity contribution is -0.129. The van der Waals surface area contributed by atoms with Crippen LogP contribution < -0.4 is 10.9 Å². The first-order valence-electron chi connectivity index (χ1n) is 6.25. The highest BCUT2D eigenvalue weighted by Gasteiger charge is 2.29. The van der Waals surface area contributed by atoms with E-state index in [9.17, 15) is 9.59 Å². The van der Waals surface area contributed by atoms with E-state index in [4.69, 9.17) is 0 Å². The summed E-state index contributed by atoms with van der Waals surface area (Å²) < 4.78 is 0. The molecule has 0 radical (unpaired) electrons. The van der Waals surface area contributed by atoms with Gasteiger partial charge in [-0.15, -0.1) is 0 Å². The van der Waals surface area contributed by atoms with Crippen molar-refractivity contribution in [1.29, 1.82) is 0 Å². The molecule has 3 N–H and O–H groups in total. The molecule has 6 nitrogen and oxygen atoms in total. The van der Waals surface area contributed by atoms with Gasteiger partial charge in [0.25, 0.3) is 0 Å². The number of amides is 2. The van der Waals surface area contributed by atoms with Gasteiger partial charge in [0.1, 0.15) is 5.82 Å². The lowest BCUT2D eigenvalue weighted by Crippen LogP contribution is -2.43. The predicted octanol–water partition coefficient (Wildman–Crippen LogP) is 0.663. The van der Waals surface area contributed by atoms with Gasteiger partial charge in [0, 0.05) is 5.92 Å². The van der Waals surface area contributed by atoms with E-state index in [0.29, 0.717) is 5.82 Å². The third-order valence-electron chi connectivity index (χ3n) is 3.04. The van der Waals surface area contributed by atoms with Crippen molar-refractivity contribution in [1.82, 2.24) is 20.8 Å². The van der Waals surface area contributed by atoms with E-state index in [1.807, 2.05) is 24.3 Å². The molecule has 1 aromatic carbocycles. The Bertz CT molecular complexity index is 597. The number of nitrogens with one attached hydrogen (secondary N) is 3. The number of hydrogen-bond acceptors (Lipinski definition) is 3. The highest BCUT2D eigenvalue weighted by atomic mass is 16.2. The molecule has 1 aliphatic carbocycles. The summed E-state index contributed by atoms with van der Waals surface area (Å²) in [6, 6.07) is 7.57. The largest absolute Gasteiger partial charge is 0.342 e. The Morgan fingerprint density at radius 1 is 1.26 bits per heavy atom. The maximum Gasteiger partial charge on any atom is 0.245 e. The van der Waals surface area contributed by atoms with Crippen LogP contribution in [-0.2, 0) is 16.0 Å². The lowest BCUT2D eigenvalue weighted by Gasteiger charge is -2.05. The molecule has 19 heavy (non-hydrogen) atoms. The molecule has 0 atom stereocenters. The first-order valence-corrected chi connectivity index (χ1v) is 6.25. The molecule has 2 aromatic rings. The average Bonchev–Trinajstić information content (AvgIpc) is 3.16. The van der Waals surface area contributed by atoms with Gasteiger partial charge in [0.15, 0.2) is 0 Å². The molecule has 1 heterocycles. The summed E-state index contributed by atoms with van der Waals surface area (Å²) in [5.74, 6) is 0.261.